The molecule has 0 aliphatic heterocycles. The standard InChI is InChI=1S/C16H26N4O/c1-2-17-16(19-13-14-8-9-14)18-10-4-6-12-20-11-5-3-7-15(20)21/h3,5,7,11,14H,2,4,6,8-10,12-13H2,1H3,(H2,17,18,19). The van der Waals surface area contributed by atoms with Crippen molar-refractivity contribution in [3.63, 3.8) is 0 Å². The molecule has 116 valence electrons. The number of hydrogen-bond acceptors (Lipinski definition) is 2. The Bertz CT molecular complexity index is 505. The minimum Gasteiger partial charge on any atom is -0.357 e. The summed E-state index contributed by atoms with van der Waals surface area (Å²) < 4.78 is 1.76. The molecule has 0 bridgehead atoms. The molecule has 5 heteroatoms. The van der Waals surface area contributed by atoms with Gasteiger partial charge in [0.15, 0.2) is 5.96 Å². The first-order chi connectivity index (χ1) is 10.3. The fourth-order valence-electron chi connectivity index (χ4n) is 2.12. The first kappa shape index (κ1) is 15.6. The molecule has 2 N–H and O–H groups in total. The largest absolute Gasteiger partial charge is 0.357 e. The topological polar surface area (TPSA) is 58.4 Å². The van der Waals surface area contributed by atoms with Crippen LogP contribution in [-0.4, -0.2) is 30.2 Å². The number of rotatable bonds is 8. The van der Waals surface area contributed by atoms with Gasteiger partial charge in [-0.1, -0.05) is 6.07 Å². The van der Waals surface area contributed by atoms with Crippen LogP contribution in [0.5, 0.6) is 0 Å². The van der Waals surface area contributed by atoms with Gasteiger partial charge in [-0.25, -0.2) is 0 Å². The van der Waals surface area contributed by atoms with Crippen molar-refractivity contribution in [3.05, 3.63) is 34.7 Å². The maximum Gasteiger partial charge on any atom is 0.250 e. The zero-order valence-electron chi connectivity index (χ0n) is 12.8. The molecule has 1 fully saturated rings. The Labute approximate surface area is 126 Å². The quantitative estimate of drug-likeness (QED) is 0.434. The van der Waals surface area contributed by atoms with Crippen LogP contribution < -0.4 is 16.2 Å². The Morgan fingerprint density at radius 3 is 2.90 bits per heavy atom. The average molecular weight is 290 g/mol. The van der Waals surface area contributed by atoms with Crippen molar-refractivity contribution < 1.29 is 0 Å². The van der Waals surface area contributed by atoms with E-state index < -0.39 is 0 Å². The van der Waals surface area contributed by atoms with Gasteiger partial charge >= 0.3 is 0 Å². The molecule has 0 spiro atoms. The minimum atomic E-state index is 0.0739. The highest BCUT2D eigenvalue weighted by Crippen LogP contribution is 2.28. The summed E-state index contributed by atoms with van der Waals surface area (Å²) in [4.78, 5) is 16.1. The molecule has 0 unspecified atom stereocenters. The van der Waals surface area contributed by atoms with E-state index in [4.69, 9.17) is 0 Å². The normalized spacial score (nSPS) is 15.0. The van der Waals surface area contributed by atoms with Crippen molar-refractivity contribution in [3.8, 4) is 0 Å². The van der Waals surface area contributed by atoms with Crippen LogP contribution in [0, 0.1) is 5.92 Å². The molecule has 1 heterocycles. The van der Waals surface area contributed by atoms with Crippen molar-refractivity contribution in [2.45, 2.75) is 39.2 Å². The number of nitrogens with zero attached hydrogens (tertiary/aromatic N) is 2. The minimum absolute atomic E-state index is 0.0739. The fourth-order valence-corrected chi connectivity index (χ4v) is 2.12. The van der Waals surface area contributed by atoms with Crippen LogP contribution in [0.3, 0.4) is 0 Å². The van der Waals surface area contributed by atoms with Crippen molar-refractivity contribution in [2.75, 3.05) is 19.6 Å². The Balaban J connectivity index is 1.64. The third-order valence-corrected chi connectivity index (χ3v) is 3.57. The number of aromatic nitrogens is 1. The van der Waals surface area contributed by atoms with Gasteiger partial charge in [-0.05, 0) is 44.6 Å². The van der Waals surface area contributed by atoms with E-state index in [-0.39, 0.29) is 5.56 Å². The smallest absolute Gasteiger partial charge is 0.250 e. The number of pyridine rings is 1. The van der Waals surface area contributed by atoms with Crippen LogP contribution in [0.1, 0.15) is 32.6 Å². The van der Waals surface area contributed by atoms with Gasteiger partial charge in [-0.2, -0.15) is 0 Å². The monoisotopic (exact) mass is 290 g/mol. The molecule has 2 rings (SSSR count). The Morgan fingerprint density at radius 1 is 1.33 bits per heavy atom. The highest BCUT2D eigenvalue weighted by molar-refractivity contribution is 5.79. The third-order valence-electron chi connectivity index (χ3n) is 3.57. The van der Waals surface area contributed by atoms with Crippen LogP contribution in [0.15, 0.2) is 34.2 Å². The van der Waals surface area contributed by atoms with E-state index in [2.05, 4.69) is 22.5 Å². The summed E-state index contributed by atoms with van der Waals surface area (Å²) in [5.74, 6) is 1.73. The van der Waals surface area contributed by atoms with Gasteiger partial charge in [0.05, 0.1) is 0 Å². The van der Waals surface area contributed by atoms with E-state index in [0.29, 0.717) is 0 Å². The van der Waals surface area contributed by atoms with Crippen molar-refractivity contribution in [1.29, 1.82) is 0 Å². The van der Waals surface area contributed by atoms with Gasteiger partial charge in [-0.3, -0.25) is 9.79 Å². The molecule has 0 aromatic carbocycles. The second-order valence-electron chi connectivity index (χ2n) is 5.53. The summed E-state index contributed by atoms with van der Waals surface area (Å²) in [5.41, 5.74) is 0.0739. The molecule has 1 aliphatic carbocycles. The Morgan fingerprint density at radius 2 is 2.19 bits per heavy atom. The molecule has 1 aliphatic rings. The number of nitrogens with one attached hydrogen (secondary N) is 2. The van der Waals surface area contributed by atoms with Gasteiger partial charge in [0.2, 0.25) is 5.56 Å². The van der Waals surface area contributed by atoms with E-state index in [9.17, 15) is 4.79 Å². The average Bonchev–Trinajstić information content (AvgIpc) is 3.30. The third kappa shape index (κ3) is 6.02. The summed E-state index contributed by atoms with van der Waals surface area (Å²) in [7, 11) is 0. The summed E-state index contributed by atoms with van der Waals surface area (Å²) in [5, 5.41) is 6.62. The molecule has 1 aromatic rings. The molecule has 0 saturated heterocycles. The van der Waals surface area contributed by atoms with E-state index in [1.54, 1.807) is 16.7 Å². The van der Waals surface area contributed by atoms with Gasteiger partial charge in [0, 0.05) is 38.4 Å². The highest BCUT2D eigenvalue weighted by Gasteiger charge is 2.20. The summed E-state index contributed by atoms with van der Waals surface area (Å²) >= 11 is 0. The van der Waals surface area contributed by atoms with Crippen LogP contribution in [-0.2, 0) is 6.54 Å². The van der Waals surface area contributed by atoms with Crippen LogP contribution in [0.4, 0.5) is 0 Å². The van der Waals surface area contributed by atoms with Gasteiger partial charge in [0.25, 0.3) is 0 Å². The van der Waals surface area contributed by atoms with Crippen molar-refractivity contribution in [2.24, 2.45) is 10.9 Å². The highest BCUT2D eigenvalue weighted by atomic mass is 16.1. The van der Waals surface area contributed by atoms with Gasteiger partial charge < -0.3 is 15.2 Å². The second-order valence-corrected chi connectivity index (χ2v) is 5.53. The molecule has 0 amide bonds. The number of unbranched alkanes of at least 4 members (excludes halogenated alkanes) is 1. The van der Waals surface area contributed by atoms with E-state index in [1.807, 2.05) is 12.3 Å². The number of aliphatic imine (C=N–C) groups is 1. The van der Waals surface area contributed by atoms with Crippen LogP contribution in [0.25, 0.3) is 0 Å². The van der Waals surface area contributed by atoms with Gasteiger partial charge in [0.1, 0.15) is 0 Å². The Hall–Kier alpha value is -1.78. The zero-order valence-corrected chi connectivity index (χ0v) is 12.8. The lowest BCUT2D eigenvalue weighted by molar-refractivity contribution is 0.585. The number of guanidine groups is 1. The molecular formula is C16H26N4O. The number of aryl methyl sites for hydroxylation is 1. The summed E-state index contributed by atoms with van der Waals surface area (Å²) in [6.45, 7) is 5.57. The SMILES string of the molecule is CCNC(=NCC1CC1)NCCCCn1ccccc1=O. The van der Waals surface area contributed by atoms with E-state index >= 15 is 0 Å². The van der Waals surface area contributed by atoms with Crippen LogP contribution in [0.2, 0.25) is 0 Å². The van der Waals surface area contributed by atoms with Crippen molar-refractivity contribution >= 4 is 5.96 Å². The Kier molecular flexibility index (Phi) is 6.31. The maximum atomic E-state index is 11.5. The first-order valence-electron chi connectivity index (χ1n) is 7.97. The number of hydrogen-bond donors (Lipinski definition) is 2. The predicted molar refractivity (Wildman–Crippen MR) is 86.6 cm³/mol. The fraction of sp³-hybridized carbons (Fsp3) is 0.625. The lowest BCUT2D eigenvalue weighted by Crippen LogP contribution is -2.38. The molecule has 21 heavy (non-hydrogen) atoms. The second kappa shape index (κ2) is 8.49. The predicted octanol–water partition coefficient (Wildman–Crippen LogP) is 1.59. The molecular weight excluding hydrogens is 264 g/mol. The summed E-state index contributed by atoms with van der Waals surface area (Å²) in [6.07, 6.45) is 6.51. The lowest BCUT2D eigenvalue weighted by Gasteiger charge is -2.11. The molecule has 0 radical (unpaired) electrons. The van der Waals surface area contributed by atoms with Crippen molar-refractivity contribution in [1.82, 2.24) is 15.2 Å². The molecule has 1 aromatic heterocycles. The van der Waals surface area contributed by atoms with E-state index in [1.165, 1.54) is 12.8 Å². The van der Waals surface area contributed by atoms with Gasteiger partial charge in [-0.15, -0.1) is 0 Å². The molecule has 1 saturated carbocycles. The maximum absolute atomic E-state index is 11.5. The molecule has 5 nitrogen and oxygen atoms in total. The lowest BCUT2D eigenvalue weighted by atomic mass is 10.3. The van der Waals surface area contributed by atoms with E-state index in [0.717, 1.165) is 50.9 Å². The molecule has 0 atom stereocenters. The first-order valence-corrected chi connectivity index (χ1v) is 7.97. The summed E-state index contributed by atoms with van der Waals surface area (Å²) in [6, 6.07) is 5.28. The zero-order chi connectivity index (χ0) is 14.9. The van der Waals surface area contributed by atoms with Crippen LogP contribution >= 0.6 is 0 Å².